The van der Waals surface area contributed by atoms with Gasteiger partial charge in [-0.1, -0.05) is 0 Å². The Hall–Kier alpha value is -2.63. The molecule has 3 rings (SSSR count). The third-order valence-corrected chi connectivity index (χ3v) is 3.73. The number of rotatable bonds is 3. The minimum absolute atomic E-state index is 0.240. The van der Waals surface area contributed by atoms with Gasteiger partial charge in [-0.05, 0) is 44.5 Å². The minimum atomic E-state index is -0.319. The van der Waals surface area contributed by atoms with Gasteiger partial charge in [-0.15, -0.1) is 0 Å². The molecule has 22 heavy (non-hydrogen) atoms. The Morgan fingerprint density at radius 2 is 2.09 bits per heavy atom. The van der Waals surface area contributed by atoms with Gasteiger partial charge < -0.3 is 15.3 Å². The van der Waals surface area contributed by atoms with Gasteiger partial charge in [-0.3, -0.25) is 4.79 Å². The molecule has 0 saturated carbocycles. The highest BCUT2D eigenvalue weighted by atomic mass is 19.1. The summed E-state index contributed by atoms with van der Waals surface area (Å²) in [6.07, 6.45) is 1.72. The van der Waals surface area contributed by atoms with Crippen molar-refractivity contribution in [2.75, 3.05) is 0 Å². The third kappa shape index (κ3) is 2.47. The fourth-order valence-corrected chi connectivity index (χ4v) is 2.52. The second-order valence-electron chi connectivity index (χ2n) is 5.46. The van der Waals surface area contributed by atoms with Crippen LogP contribution in [0.15, 0.2) is 24.4 Å². The SMILES string of the molecule is Cc1cnc([C@H](C)NC(=O)c2[nH]c3ccc(F)cc3c2C)[nH]1. The molecular formula is C16H17FN4O. The minimum Gasteiger partial charge on any atom is -0.350 e. The molecule has 0 saturated heterocycles. The predicted molar refractivity (Wildman–Crippen MR) is 82.2 cm³/mol. The molecule has 0 bridgehead atoms. The average Bonchev–Trinajstić information content (AvgIpc) is 3.04. The van der Waals surface area contributed by atoms with Crippen LogP contribution in [0.25, 0.3) is 10.9 Å². The van der Waals surface area contributed by atoms with E-state index in [4.69, 9.17) is 0 Å². The standard InChI is InChI=1S/C16H17FN4O/c1-8-7-18-15(19-8)10(3)20-16(22)14-9(2)12-6-11(17)4-5-13(12)21-14/h4-7,10,21H,1-3H3,(H,18,19)(H,20,22)/t10-/m0/s1. The normalized spacial score (nSPS) is 12.5. The molecule has 114 valence electrons. The third-order valence-electron chi connectivity index (χ3n) is 3.73. The van der Waals surface area contributed by atoms with E-state index in [1.54, 1.807) is 19.2 Å². The zero-order valence-corrected chi connectivity index (χ0v) is 12.6. The molecule has 6 heteroatoms. The molecular weight excluding hydrogens is 283 g/mol. The Bertz CT molecular complexity index is 849. The molecule has 0 aliphatic carbocycles. The maximum atomic E-state index is 13.3. The van der Waals surface area contributed by atoms with E-state index in [1.165, 1.54) is 12.1 Å². The monoisotopic (exact) mass is 300 g/mol. The maximum Gasteiger partial charge on any atom is 0.268 e. The van der Waals surface area contributed by atoms with Crippen molar-refractivity contribution in [3.8, 4) is 0 Å². The number of H-pyrrole nitrogens is 2. The Morgan fingerprint density at radius 3 is 2.77 bits per heavy atom. The molecule has 5 nitrogen and oxygen atoms in total. The molecule has 0 unspecified atom stereocenters. The first-order valence-electron chi connectivity index (χ1n) is 7.06. The Kier molecular flexibility index (Phi) is 3.44. The number of amides is 1. The summed E-state index contributed by atoms with van der Waals surface area (Å²) in [5.74, 6) is 0.141. The van der Waals surface area contributed by atoms with E-state index in [-0.39, 0.29) is 17.8 Å². The lowest BCUT2D eigenvalue weighted by Gasteiger charge is -2.11. The van der Waals surface area contributed by atoms with Crippen LogP contribution in [0.5, 0.6) is 0 Å². The van der Waals surface area contributed by atoms with Gasteiger partial charge >= 0.3 is 0 Å². The van der Waals surface area contributed by atoms with Gasteiger partial charge in [0.05, 0.1) is 6.04 Å². The largest absolute Gasteiger partial charge is 0.350 e. The van der Waals surface area contributed by atoms with Gasteiger partial charge in [-0.25, -0.2) is 9.37 Å². The van der Waals surface area contributed by atoms with Crippen LogP contribution in [0.2, 0.25) is 0 Å². The number of hydrogen-bond acceptors (Lipinski definition) is 2. The van der Waals surface area contributed by atoms with Crippen LogP contribution in [0.1, 0.15) is 40.5 Å². The highest BCUT2D eigenvalue weighted by molar-refractivity contribution is 6.01. The first-order valence-corrected chi connectivity index (χ1v) is 7.06. The Labute approximate surface area is 127 Å². The molecule has 0 spiro atoms. The lowest BCUT2D eigenvalue weighted by atomic mass is 10.1. The van der Waals surface area contributed by atoms with Crippen molar-refractivity contribution in [1.29, 1.82) is 0 Å². The number of aromatic nitrogens is 3. The molecule has 1 atom stereocenters. The molecule has 0 fully saturated rings. The van der Waals surface area contributed by atoms with Crippen LogP contribution in [0, 0.1) is 19.7 Å². The number of halogens is 1. The number of benzene rings is 1. The summed E-state index contributed by atoms with van der Waals surface area (Å²) in [5, 5.41) is 3.60. The quantitative estimate of drug-likeness (QED) is 0.695. The number of carbonyl (C=O) groups is 1. The fourth-order valence-electron chi connectivity index (χ4n) is 2.52. The van der Waals surface area contributed by atoms with Crippen molar-refractivity contribution in [3.05, 3.63) is 53.0 Å². The smallest absolute Gasteiger partial charge is 0.268 e. The Morgan fingerprint density at radius 1 is 1.32 bits per heavy atom. The predicted octanol–water partition coefficient (Wildman–Crippen LogP) is 3.14. The number of hydrogen-bond donors (Lipinski definition) is 3. The van der Waals surface area contributed by atoms with Crippen molar-refractivity contribution >= 4 is 16.8 Å². The van der Waals surface area contributed by atoms with Crippen LogP contribution >= 0.6 is 0 Å². The summed E-state index contributed by atoms with van der Waals surface area (Å²) in [6, 6.07) is 4.18. The van der Waals surface area contributed by atoms with Crippen LogP contribution in [0.3, 0.4) is 0 Å². The number of carbonyl (C=O) groups excluding carboxylic acids is 1. The van der Waals surface area contributed by atoms with E-state index in [0.29, 0.717) is 16.9 Å². The lowest BCUT2D eigenvalue weighted by molar-refractivity contribution is 0.0933. The van der Waals surface area contributed by atoms with Gasteiger partial charge in [0.25, 0.3) is 5.91 Å². The molecule has 2 aromatic heterocycles. The second-order valence-corrected chi connectivity index (χ2v) is 5.46. The number of fused-ring (bicyclic) bond motifs is 1. The van der Waals surface area contributed by atoms with E-state index < -0.39 is 0 Å². The first-order chi connectivity index (χ1) is 10.5. The maximum absolute atomic E-state index is 13.3. The molecule has 1 aromatic carbocycles. The van der Waals surface area contributed by atoms with Gasteiger partial charge in [0.2, 0.25) is 0 Å². The summed E-state index contributed by atoms with van der Waals surface area (Å²) < 4.78 is 13.3. The number of imidazole rings is 1. The lowest BCUT2D eigenvalue weighted by Crippen LogP contribution is -2.28. The number of aryl methyl sites for hydroxylation is 2. The molecule has 0 radical (unpaired) electrons. The molecule has 2 heterocycles. The van der Waals surface area contributed by atoms with E-state index in [9.17, 15) is 9.18 Å². The van der Waals surface area contributed by atoms with Crippen molar-refractivity contribution in [1.82, 2.24) is 20.3 Å². The Balaban J connectivity index is 1.87. The molecule has 3 aromatic rings. The van der Waals surface area contributed by atoms with Crippen LogP contribution < -0.4 is 5.32 Å². The van der Waals surface area contributed by atoms with Gasteiger partial charge in [0.15, 0.2) is 0 Å². The summed E-state index contributed by atoms with van der Waals surface area (Å²) in [7, 11) is 0. The van der Waals surface area contributed by atoms with Gasteiger partial charge in [-0.2, -0.15) is 0 Å². The number of nitrogens with one attached hydrogen (secondary N) is 3. The van der Waals surface area contributed by atoms with Crippen LogP contribution in [0.4, 0.5) is 4.39 Å². The van der Waals surface area contributed by atoms with Crippen LogP contribution in [-0.2, 0) is 0 Å². The summed E-state index contributed by atoms with van der Waals surface area (Å²) in [5.41, 5.74) is 2.85. The van der Waals surface area contributed by atoms with Gasteiger partial charge in [0, 0.05) is 22.8 Å². The zero-order valence-electron chi connectivity index (χ0n) is 12.6. The number of nitrogens with zero attached hydrogens (tertiary/aromatic N) is 1. The summed E-state index contributed by atoms with van der Waals surface area (Å²) >= 11 is 0. The topological polar surface area (TPSA) is 73.6 Å². The highest BCUT2D eigenvalue weighted by Gasteiger charge is 2.18. The van der Waals surface area contributed by atoms with Crippen molar-refractivity contribution < 1.29 is 9.18 Å². The van der Waals surface area contributed by atoms with Crippen LogP contribution in [-0.4, -0.2) is 20.9 Å². The molecule has 0 aliphatic rings. The summed E-state index contributed by atoms with van der Waals surface area (Å²) in [6.45, 7) is 5.56. The van der Waals surface area contributed by atoms with E-state index in [0.717, 1.165) is 16.8 Å². The van der Waals surface area contributed by atoms with Crippen molar-refractivity contribution in [2.24, 2.45) is 0 Å². The molecule has 3 N–H and O–H groups in total. The molecule has 0 aliphatic heterocycles. The van der Waals surface area contributed by atoms with E-state index in [2.05, 4.69) is 20.3 Å². The highest BCUT2D eigenvalue weighted by Crippen LogP contribution is 2.23. The van der Waals surface area contributed by atoms with Crippen molar-refractivity contribution in [2.45, 2.75) is 26.8 Å². The van der Waals surface area contributed by atoms with E-state index in [1.807, 2.05) is 13.8 Å². The van der Waals surface area contributed by atoms with E-state index >= 15 is 0 Å². The average molecular weight is 300 g/mol. The second kappa shape index (κ2) is 5.29. The first kappa shape index (κ1) is 14.3. The summed E-state index contributed by atoms with van der Waals surface area (Å²) in [4.78, 5) is 22.8. The zero-order chi connectivity index (χ0) is 15.9. The fraction of sp³-hybridized carbons (Fsp3) is 0.250. The van der Waals surface area contributed by atoms with Crippen molar-refractivity contribution in [3.63, 3.8) is 0 Å². The number of aromatic amines is 2. The molecule has 1 amide bonds. The van der Waals surface area contributed by atoms with Gasteiger partial charge in [0.1, 0.15) is 17.3 Å².